The molecule has 0 aromatic heterocycles. The molecule has 3 aliphatic heterocycles. The summed E-state index contributed by atoms with van der Waals surface area (Å²) in [6.07, 6.45) is 5.19. The summed E-state index contributed by atoms with van der Waals surface area (Å²) >= 11 is 6.25. The fourth-order valence-corrected chi connectivity index (χ4v) is 7.80. The number of hydrogen-bond acceptors (Lipinski definition) is 8. The Kier molecular flexibility index (Phi) is 9.50. The summed E-state index contributed by atoms with van der Waals surface area (Å²) in [5, 5.41) is 10.9. The number of ketones is 2. The quantitative estimate of drug-likeness (QED) is 0.336. The molecule has 5 aliphatic rings. The van der Waals surface area contributed by atoms with Gasteiger partial charge in [-0.25, -0.2) is 0 Å². The maximum absolute atomic E-state index is 14.6. The lowest BCUT2D eigenvalue weighted by molar-refractivity contribution is -0.145. The SMILES string of the molecule is CCC(=O)C(=O)[C@H](CC1CC1)NC(=O)[C@@H]1C[C@]2(CC(c3cccc(Cl)c3)=NO2)CN1C(=O)[C@@H](NC(=O)[C@@H]1CC12CCOCC2)C(C)(C)C. The number of ether oxygens (including phenoxy) is 1. The number of Topliss-reactive ketones (excluding diaryl/α,β-unsaturated/α-hetero) is 2. The van der Waals surface area contributed by atoms with Crippen molar-refractivity contribution in [2.75, 3.05) is 19.8 Å². The minimum absolute atomic E-state index is 0.0484. The summed E-state index contributed by atoms with van der Waals surface area (Å²) in [5.74, 6) is -2.14. The van der Waals surface area contributed by atoms with E-state index in [2.05, 4.69) is 15.8 Å². The first kappa shape index (κ1) is 34.5. The minimum Gasteiger partial charge on any atom is -0.387 e. The molecule has 11 nitrogen and oxygen atoms in total. The number of carbonyl (C=O) groups is 5. The molecule has 48 heavy (non-hydrogen) atoms. The Bertz CT molecular complexity index is 1510. The molecule has 12 heteroatoms. The van der Waals surface area contributed by atoms with E-state index in [0.29, 0.717) is 36.8 Å². The Morgan fingerprint density at radius 1 is 1.06 bits per heavy atom. The van der Waals surface area contributed by atoms with Crippen molar-refractivity contribution in [3.05, 3.63) is 34.9 Å². The highest BCUT2D eigenvalue weighted by Crippen LogP contribution is 2.59. The van der Waals surface area contributed by atoms with Crippen LogP contribution in [0.4, 0.5) is 0 Å². The molecule has 4 fully saturated rings. The highest BCUT2D eigenvalue weighted by atomic mass is 35.5. The smallest absolute Gasteiger partial charge is 0.246 e. The van der Waals surface area contributed by atoms with E-state index >= 15 is 0 Å². The van der Waals surface area contributed by atoms with E-state index in [4.69, 9.17) is 21.2 Å². The molecular weight excluding hydrogens is 636 g/mol. The first-order valence-electron chi connectivity index (χ1n) is 17.3. The third kappa shape index (κ3) is 7.18. The van der Waals surface area contributed by atoms with Gasteiger partial charge in [-0.15, -0.1) is 0 Å². The van der Waals surface area contributed by atoms with Crippen LogP contribution in [-0.2, 0) is 33.5 Å². The topological polar surface area (TPSA) is 143 Å². The summed E-state index contributed by atoms with van der Waals surface area (Å²) in [7, 11) is 0. The van der Waals surface area contributed by atoms with E-state index in [0.717, 1.165) is 37.7 Å². The lowest BCUT2D eigenvalue weighted by atomic mass is 9.85. The third-order valence-corrected chi connectivity index (χ3v) is 11.1. The van der Waals surface area contributed by atoms with Crippen LogP contribution in [0.5, 0.6) is 0 Å². The van der Waals surface area contributed by atoms with Crippen molar-refractivity contribution in [2.45, 2.75) is 109 Å². The summed E-state index contributed by atoms with van der Waals surface area (Å²) in [5.41, 5.74) is -0.321. The largest absolute Gasteiger partial charge is 0.387 e. The Labute approximate surface area is 286 Å². The highest BCUT2D eigenvalue weighted by Gasteiger charge is 2.60. The number of oxime groups is 1. The first-order valence-corrected chi connectivity index (χ1v) is 17.7. The predicted molar refractivity (Wildman–Crippen MR) is 178 cm³/mol. The van der Waals surface area contributed by atoms with Crippen LogP contribution in [0.3, 0.4) is 0 Å². The van der Waals surface area contributed by atoms with Gasteiger partial charge in [0, 0.05) is 49.0 Å². The summed E-state index contributed by atoms with van der Waals surface area (Å²) in [6, 6.07) is 4.36. The Morgan fingerprint density at radius 3 is 2.44 bits per heavy atom. The average Bonchev–Trinajstić information content (AvgIpc) is 3.92. The number of amides is 3. The number of rotatable bonds is 11. The fraction of sp³-hybridized carbons (Fsp3) is 0.667. The molecule has 0 radical (unpaired) electrons. The van der Waals surface area contributed by atoms with Crippen molar-refractivity contribution in [3.8, 4) is 0 Å². The van der Waals surface area contributed by atoms with Crippen molar-refractivity contribution < 1.29 is 33.5 Å². The summed E-state index contributed by atoms with van der Waals surface area (Å²) in [4.78, 5) is 75.5. The molecule has 2 saturated heterocycles. The molecule has 3 heterocycles. The van der Waals surface area contributed by atoms with Crippen LogP contribution in [0.15, 0.2) is 29.4 Å². The van der Waals surface area contributed by atoms with Gasteiger partial charge in [-0.2, -0.15) is 0 Å². The molecule has 2 spiro atoms. The molecule has 3 amide bonds. The second-order valence-electron chi connectivity index (χ2n) is 15.6. The Balaban J connectivity index is 1.25. The number of halogens is 1. The summed E-state index contributed by atoms with van der Waals surface area (Å²) in [6.45, 7) is 8.61. The van der Waals surface area contributed by atoms with Crippen LogP contribution in [-0.4, -0.2) is 83.4 Å². The Hall–Kier alpha value is -3.31. The number of likely N-dealkylation sites (tertiary alicyclic amines) is 1. The zero-order chi connectivity index (χ0) is 34.4. The van der Waals surface area contributed by atoms with E-state index in [1.807, 2.05) is 32.9 Å². The number of benzene rings is 1. The molecule has 1 aromatic carbocycles. The maximum Gasteiger partial charge on any atom is 0.246 e. The minimum atomic E-state index is -1.01. The van der Waals surface area contributed by atoms with Gasteiger partial charge in [0.1, 0.15) is 12.1 Å². The second kappa shape index (κ2) is 13.2. The molecule has 2 saturated carbocycles. The van der Waals surface area contributed by atoms with Crippen LogP contribution in [0.2, 0.25) is 5.02 Å². The number of nitrogens with zero attached hydrogens (tertiary/aromatic N) is 2. The van der Waals surface area contributed by atoms with Gasteiger partial charge in [0.25, 0.3) is 0 Å². The Morgan fingerprint density at radius 2 is 1.79 bits per heavy atom. The lowest BCUT2D eigenvalue weighted by Crippen LogP contribution is -2.59. The van der Waals surface area contributed by atoms with Crippen molar-refractivity contribution >= 4 is 46.6 Å². The van der Waals surface area contributed by atoms with Crippen molar-refractivity contribution in [3.63, 3.8) is 0 Å². The maximum atomic E-state index is 14.6. The predicted octanol–water partition coefficient (Wildman–Crippen LogP) is 3.98. The van der Waals surface area contributed by atoms with Gasteiger partial charge in [-0.05, 0) is 54.6 Å². The number of nitrogens with one attached hydrogen (secondary N) is 2. The molecule has 1 aromatic rings. The van der Waals surface area contributed by atoms with Gasteiger partial charge in [0.2, 0.25) is 23.5 Å². The van der Waals surface area contributed by atoms with Crippen LogP contribution < -0.4 is 10.6 Å². The zero-order valence-electron chi connectivity index (χ0n) is 28.3. The van der Waals surface area contributed by atoms with Crippen molar-refractivity contribution in [1.82, 2.24) is 15.5 Å². The van der Waals surface area contributed by atoms with E-state index in [1.165, 1.54) is 4.90 Å². The van der Waals surface area contributed by atoms with Gasteiger partial charge in [0.05, 0.1) is 18.3 Å². The highest BCUT2D eigenvalue weighted by molar-refractivity contribution is 6.39. The van der Waals surface area contributed by atoms with Crippen LogP contribution in [0.25, 0.3) is 0 Å². The zero-order valence-corrected chi connectivity index (χ0v) is 29.1. The standard InChI is InChI=1S/C36H47ClN4O7/c1-5-28(42)29(43)25(15-21-9-10-21)38-32(45)27-19-36(18-26(40-48-36)22-7-6-8-23(37)16-22)20-41(27)33(46)30(34(2,3)4)39-31(44)24-17-35(24)11-13-47-14-12-35/h6-8,16,21,24-25,27,30H,5,9-15,17-20H2,1-4H3,(H,38,45)(H,39,44)/t24-,25-,27-,30+,36+/m0/s1. The van der Waals surface area contributed by atoms with E-state index in [-0.39, 0.29) is 42.5 Å². The monoisotopic (exact) mass is 682 g/mol. The molecule has 5 atom stereocenters. The van der Waals surface area contributed by atoms with E-state index in [9.17, 15) is 24.0 Å². The van der Waals surface area contributed by atoms with Crippen LogP contribution >= 0.6 is 11.6 Å². The lowest BCUT2D eigenvalue weighted by Gasteiger charge is -2.36. The van der Waals surface area contributed by atoms with Crippen molar-refractivity contribution in [1.29, 1.82) is 0 Å². The van der Waals surface area contributed by atoms with Crippen molar-refractivity contribution in [2.24, 2.45) is 27.8 Å². The number of hydrogen-bond donors (Lipinski definition) is 2. The molecule has 0 unspecified atom stereocenters. The molecule has 2 aliphatic carbocycles. The third-order valence-electron chi connectivity index (χ3n) is 10.9. The molecule has 2 N–H and O–H groups in total. The second-order valence-corrected chi connectivity index (χ2v) is 16.0. The van der Waals surface area contributed by atoms with Gasteiger partial charge in [-0.1, -0.05) is 69.4 Å². The molecule has 6 rings (SSSR count). The van der Waals surface area contributed by atoms with E-state index in [1.54, 1.807) is 19.1 Å². The summed E-state index contributed by atoms with van der Waals surface area (Å²) < 4.78 is 5.52. The molecular formula is C36H47ClN4O7. The van der Waals surface area contributed by atoms with Crippen LogP contribution in [0, 0.1) is 22.7 Å². The van der Waals surface area contributed by atoms with Gasteiger partial charge in [-0.3, -0.25) is 24.0 Å². The molecule has 260 valence electrons. The first-order chi connectivity index (χ1) is 22.7. The van der Waals surface area contributed by atoms with Gasteiger partial charge in [0.15, 0.2) is 11.4 Å². The van der Waals surface area contributed by atoms with Crippen LogP contribution in [0.1, 0.15) is 91.0 Å². The average molecular weight is 683 g/mol. The van der Waals surface area contributed by atoms with Gasteiger partial charge >= 0.3 is 0 Å². The molecule has 0 bridgehead atoms. The van der Waals surface area contributed by atoms with Gasteiger partial charge < -0.3 is 25.1 Å². The van der Waals surface area contributed by atoms with E-state index < -0.39 is 52.5 Å². The number of carbonyl (C=O) groups excluding carboxylic acids is 5. The normalized spacial score (nSPS) is 27.2. The fourth-order valence-electron chi connectivity index (χ4n) is 7.61.